The second-order valence-corrected chi connectivity index (χ2v) is 8.85. The molecule has 5 rings (SSSR count). The van der Waals surface area contributed by atoms with Gasteiger partial charge < -0.3 is 14.9 Å². The second-order valence-electron chi connectivity index (χ2n) is 8.85. The van der Waals surface area contributed by atoms with Crippen molar-refractivity contribution >= 4 is 34.5 Å². The first-order valence-electron chi connectivity index (χ1n) is 11.7. The minimum absolute atomic E-state index is 0.0215. The average molecular weight is 496 g/mol. The number of phenols is 1. The molecule has 1 amide bonds. The van der Waals surface area contributed by atoms with Gasteiger partial charge in [-0.15, -0.1) is 0 Å². The quantitative estimate of drug-likeness (QED) is 0.420. The number of aliphatic carboxylic acids is 1. The van der Waals surface area contributed by atoms with Crippen LogP contribution in [0.5, 0.6) is 5.75 Å². The van der Waals surface area contributed by atoms with E-state index in [1.54, 1.807) is 60.6 Å². The highest BCUT2D eigenvalue weighted by atomic mass is 16.5. The number of hydrogen-bond acceptors (Lipinski definition) is 6. The number of methoxy groups -OCH3 is 1. The molecule has 1 heterocycles. The maximum atomic E-state index is 13.6. The van der Waals surface area contributed by atoms with Gasteiger partial charge in [-0.05, 0) is 41.5 Å². The van der Waals surface area contributed by atoms with Gasteiger partial charge in [-0.1, -0.05) is 60.7 Å². The Bertz CT molecular complexity index is 1460. The predicted octanol–water partition coefficient (Wildman–Crippen LogP) is 4.38. The van der Waals surface area contributed by atoms with Crippen LogP contribution >= 0.6 is 0 Å². The fourth-order valence-electron chi connectivity index (χ4n) is 4.58. The number of nitrogens with zero attached hydrogens (tertiary/aromatic N) is 2. The summed E-state index contributed by atoms with van der Waals surface area (Å²) in [5, 5.41) is 24.8. The van der Waals surface area contributed by atoms with Crippen LogP contribution in [0.2, 0.25) is 0 Å². The first-order valence-corrected chi connectivity index (χ1v) is 11.7. The highest BCUT2D eigenvalue weighted by molar-refractivity contribution is 6.55. The zero-order valence-electron chi connectivity index (χ0n) is 20.1. The minimum atomic E-state index is -1.61. The van der Waals surface area contributed by atoms with E-state index in [4.69, 9.17) is 4.74 Å². The summed E-state index contributed by atoms with van der Waals surface area (Å²) in [4.78, 5) is 27.6. The van der Waals surface area contributed by atoms with Gasteiger partial charge in [0.05, 0.1) is 12.3 Å². The topological polar surface area (TPSA) is 111 Å². The third-order valence-corrected chi connectivity index (χ3v) is 6.46. The Hall–Kier alpha value is -4.69. The molecule has 0 bridgehead atoms. The Balaban J connectivity index is 1.48. The van der Waals surface area contributed by atoms with Crippen molar-refractivity contribution in [3.63, 3.8) is 0 Å². The number of carboxylic acids is 1. The smallest absolute Gasteiger partial charge is 0.335 e. The van der Waals surface area contributed by atoms with Crippen LogP contribution in [0.25, 0.3) is 5.57 Å². The molecule has 2 aliphatic rings. The summed E-state index contributed by atoms with van der Waals surface area (Å²) in [6, 6.07) is 21.5. The molecule has 0 radical (unpaired) electrons. The van der Waals surface area contributed by atoms with E-state index >= 15 is 0 Å². The number of carbonyl (C=O) groups excluding carboxylic acids is 1. The Kier molecular flexibility index (Phi) is 6.33. The van der Waals surface area contributed by atoms with Crippen molar-refractivity contribution in [1.29, 1.82) is 0 Å². The molecule has 3 aromatic carbocycles. The molecule has 1 unspecified atom stereocenters. The van der Waals surface area contributed by atoms with E-state index in [2.05, 4.69) is 10.5 Å². The fourth-order valence-corrected chi connectivity index (χ4v) is 4.58. The van der Waals surface area contributed by atoms with Gasteiger partial charge in [0.1, 0.15) is 5.75 Å². The number of para-hydroxylation sites is 2. The summed E-state index contributed by atoms with van der Waals surface area (Å²) in [7, 11) is 1.62. The summed E-state index contributed by atoms with van der Waals surface area (Å²) < 4.78 is 5.17. The number of fused-ring (bicyclic) bond motifs is 1. The highest BCUT2D eigenvalue weighted by Crippen LogP contribution is 2.37. The number of allylic oxidation sites excluding steroid dienone is 2. The van der Waals surface area contributed by atoms with Crippen molar-refractivity contribution in [3.8, 4) is 5.75 Å². The number of nitrogens with one attached hydrogen (secondary N) is 1. The molecule has 37 heavy (non-hydrogen) atoms. The number of benzene rings is 3. The van der Waals surface area contributed by atoms with E-state index in [1.807, 2.05) is 36.4 Å². The first kappa shape index (κ1) is 24.0. The van der Waals surface area contributed by atoms with Crippen molar-refractivity contribution in [2.24, 2.45) is 5.10 Å². The van der Waals surface area contributed by atoms with Gasteiger partial charge in [0.2, 0.25) is 0 Å². The molecule has 186 valence electrons. The Morgan fingerprint density at radius 3 is 2.46 bits per heavy atom. The predicted molar refractivity (Wildman–Crippen MR) is 141 cm³/mol. The molecule has 1 atom stereocenters. The number of phenolic OH excluding ortho intramolecular Hbond substituents is 1. The summed E-state index contributed by atoms with van der Waals surface area (Å²) in [6.45, 7) is 0.462. The number of rotatable bonds is 7. The zero-order chi connectivity index (χ0) is 26.0. The number of carbonyl (C=O) groups is 2. The normalized spacial score (nSPS) is 19.6. The Morgan fingerprint density at radius 1 is 1.05 bits per heavy atom. The van der Waals surface area contributed by atoms with Crippen LogP contribution in [0.4, 0.5) is 11.4 Å². The fraction of sp³-hybridized carbons (Fsp3) is 0.138. The monoisotopic (exact) mass is 495 g/mol. The SMILES string of the molecule is COCc1ccc(N2C(=O)/C(=N\NC3(C(=O)O)C=CC=C(c4ccccc4O)C3)c3ccccc32)cc1. The summed E-state index contributed by atoms with van der Waals surface area (Å²) in [6.07, 6.45) is 4.90. The highest BCUT2D eigenvalue weighted by Gasteiger charge is 2.41. The van der Waals surface area contributed by atoms with Gasteiger partial charge in [0.25, 0.3) is 5.91 Å². The Labute approximate surface area is 213 Å². The molecule has 3 aromatic rings. The van der Waals surface area contributed by atoms with Gasteiger partial charge in [-0.2, -0.15) is 5.10 Å². The molecule has 0 saturated carbocycles. The average Bonchev–Trinajstić information content (AvgIpc) is 3.19. The maximum absolute atomic E-state index is 13.6. The number of aromatic hydroxyl groups is 1. The summed E-state index contributed by atoms with van der Waals surface area (Å²) >= 11 is 0. The van der Waals surface area contributed by atoms with Crippen LogP contribution in [-0.2, 0) is 20.9 Å². The van der Waals surface area contributed by atoms with Gasteiger partial charge in [0.15, 0.2) is 11.3 Å². The molecule has 1 aliphatic heterocycles. The molecule has 0 fully saturated rings. The zero-order valence-corrected chi connectivity index (χ0v) is 20.1. The summed E-state index contributed by atoms with van der Waals surface area (Å²) in [5.74, 6) is -1.47. The van der Waals surface area contributed by atoms with Crippen molar-refractivity contribution in [1.82, 2.24) is 5.43 Å². The molecule has 1 aliphatic carbocycles. The number of hydrazone groups is 1. The van der Waals surface area contributed by atoms with E-state index in [0.29, 0.717) is 34.7 Å². The largest absolute Gasteiger partial charge is 0.507 e. The van der Waals surface area contributed by atoms with Crippen molar-refractivity contribution in [3.05, 3.63) is 108 Å². The molecule has 3 N–H and O–H groups in total. The van der Waals surface area contributed by atoms with Crippen LogP contribution < -0.4 is 10.3 Å². The molecule has 0 spiro atoms. The number of ether oxygens (including phenoxy) is 1. The molecule has 0 aromatic heterocycles. The second kappa shape index (κ2) is 9.75. The first-order chi connectivity index (χ1) is 17.9. The van der Waals surface area contributed by atoms with E-state index in [1.165, 1.54) is 6.08 Å². The third-order valence-electron chi connectivity index (χ3n) is 6.46. The van der Waals surface area contributed by atoms with Gasteiger partial charge in [-0.3, -0.25) is 15.1 Å². The van der Waals surface area contributed by atoms with E-state index in [0.717, 1.165) is 5.56 Å². The molecular weight excluding hydrogens is 470 g/mol. The van der Waals surface area contributed by atoms with Crippen molar-refractivity contribution in [2.75, 3.05) is 12.0 Å². The van der Waals surface area contributed by atoms with E-state index in [9.17, 15) is 19.8 Å². The number of hydrogen-bond donors (Lipinski definition) is 3. The number of carboxylic acid groups (broad SMARTS) is 1. The molecule has 0 saturated heterocycles. The third kappa shape index (κ3) is 4.39. The molecule has 8 heteroatoms. The van der Waals surface area contributed by atoms with Crippen LogP contribution in [0.15, 0.2) is 96.1 Å². The lowest BCUT2D eigenvalue weighted by Gasteiger charge is -2.29. The van der Waals surface area contributed by atoms with Crippen LogP contribution in [0.1, 0.15) is 23.1 Å². The standard InChI is InChI=1S/C29H25N3O5/c1-37-18-19-12-14-21(15-13-19)32-24-10-4-2-9-23(24)26(27(32)34)30-31-29(28(35)36)16-6-7-20(17-29)22-8-3-5-11-25(22)33/h2-16,31,33H,17-18H2,1H3,(H,35,36)/b30-26-. The lowest BCUT2D eigenvalue weighted by molar-refractivity contribution is -0.142. The lowest BCUT2D eigenvalue weighted by Crippen LogP contribution is -2.49. The van der Waals surface area contributed by atoms with Crippen molar-refractivity contribution < 1.29 is 24.5 Å². The van der Waals surface area contributed by atoms with E-state index < -0.39 is 11.5 Å². The van der Waals surface area contributed by atoms with Crippen LogP contribution in [0, 0.1) is 0 Å². The van der Waals surface area contributed by atoms with Gasteiger partial charge in [0, 0.05) is 30.3 Å². The number of anilines is 2. The minimum Gasteiger partial charge on any atom is -0.507 e. The van der Waals surface area contributed by atoms with E-state index in [-0.39, 0.29) is 23.8 Å². The van der Waals surface area contributed by atoms with Crippen molar-refractivity contribution in [2.45, 2.75) is 18.6 Å². The number of amides is 1. The Morgan fingerprint density at radius 2 is 1.76 bits per heavy atom. The maximum Gasteiger partial charge on any atom is 0.335 e. The lowest BCUT2D eigenvalue weighted by atomic mass is 9.84. The molecular formula is C29H25N3O5. The van der Waals surface area contributed by atoms with Gasteiger partial charge >= 0.3 is 5.97 Å². The van der Waals surface area contributed by atoms with Crippen LogP contribution in [0.3, 0.4) is 0 Å². The molecule has 8 nitrogen and oxygen atoms in total. The van der Waals surface area contributed by atoms with Crippen LogP contribution in [-0.4, -0.2) is 40.4 Å². The summed E-state index contributed by atoms with van der Waals surface area (Å²) in [5.41, 5.74) is 5.35. The van der Waals surface area contributed by atoms with Gasteiger partial charge in [-0.25, -0.2) is 4.79 Å².